The minimum Gasteiger partial charge on any atom is -0.298 e. The predicted octanol–water partition coefficient (Wildman–Crippen LogP) is 2.85. The van der Waals surface area contributed by atoms with Gasteiger partial charge in [0.2, 0.25) is 0 Å². The molecule has 2 saturated heterocycles. The molecule has 3 heterocycles. The second-order valence-corrected chi connectivity index (χ2v) is 7.44. The molecule has 0 N–H and O–H groups in total. The van der Waals surface area contributed by atoms with Gasteiger partial charge in [0.1, 0.15) is 10.8 Å². The molecule has 5 heteroatoms. The van der Waals surface area contributed by atoms with Gasteiger partial charge in [-0.05, 0) is 29.5 Å². The third kappa shape index (κ3) is 3.07. The van der Waals surface area contributed by atoms with E-state index in [2.05, 4.69) is 14.8 Å². The van der Waals surface area contributed by atoms with Gasteiger partial charge in [0.15, 0.2) is 0 Å². The van der Waals surface area contributed by atoms with Crippen LogP contribution >= 0.6 is 11.3 Å². The molecule has 22 heavy (non-hydrogen) atoms. The molecule has 0 spiro atoms. The summed E-state index contributed by atoms with van der Waals surface area (Å²) in [5.74, 6) is 1.38. The number of fused-ring (bicyclic) bond motifs is 1. The maximum atomic E-state index is 13.3. The Balaban J connectivity index is 1.32. The predicted molar refractivity (Wildman–Crippen MR) is 86.0 cm³/mol. The molecule has 0 aliphatic carbocycles. The third-order valence-electron chi connectivity index (χ3n) is 4.78. The van der Waals surface area contributed by atoms with Crippen molar-refractivity contribution in [3.63, 3.8) is 0 Å². The minimum atomic E-state index is -0.133. The van der Waals surface area contributed by atoms with Crippen LogP contribution in [0.2, 0.25) is 0 Å². The smallest absolute Gasteiger partial charge is 0.123 e. The Morgan fingerprint density at radius 2 is 1.82 bits per heavy atom. The maximum Gasteiger partial charge on any atom is 0.123 e. The van der Waals surface area contributed by atoms with Gasteiger partial charge in [0, 0.05) is 44.3 Å². The van der Waals surface area contributed by atoms with Gasteiger partial charge in [0.25, 0.3) is 0 Å². The third-order valence-corrected chi connectivity index (χ3v) is 5.54. The number of hydrogen-bond donors (Lipinski definition) is 0. The van der Waals surface area contributed by atoms with E-state index in [0.29, 0.717) is 0 Å². The van der Waals surface area contributed by atoms with Gasteiger partial charge < -0.3 is 0 Å². The molecule has 3 nitrogen and oxygen atoms in total. The quantitative estimate of drug-likeness (QED) is 0.864. The number of nitrogens with zero attached hydrogens (tertiary/aromatic N) is 3. The zero-order chi connectivity index (χ0) is 14.9. The Morgan fingerprint density at radius 3 is 2.45 bits per heavy atom. The molecule has 2 aromatic rings. The monoisotopic (exact) mass is 317 g/mol. The highest BCUT2D eigenvalue weighted by atomic mass is 32.1. The SMILES string of the molecule is Fc1cccc(CN2C[C@@H]3CN(Cc4nccs4)C[C@H]3C2)c1. The molecular formula is C17H20FN3S. The maximum absolute atomic E-state index is 13.3. The van der Waals surface area contributed by atoms with E-state index in [1.165, 1.54) is 24.2 Å². The highest BCUT2D eigenvalue weighted by Gasteiger charge is 2.39. The summed E-state index contributed by atoms with van der Waals surface area (Å²) in [5, 5.41) is 3.27. The molecule has 1 aromatic heterocycles. The molecule has 0 radical (unpaired) electrons. The van der Waals surface area contributed by atoms with Crippen LogP contribution in [0.15, 0.2) is 35.8 Å². The first kappa shape index (κ1) is 14.3. The van der Waals surface area contributed by atoms with Gasteiger partial charge in [-0.3, -0.25) is 9.80 Å². The van der Waals surface area contributed by atoms with Gasteiger partial charge in [-0.25, -0.2) is 9.37 Å². The largest absolute Gasteiger partial charge is 0.298 e. The zero-order valence-corrected chi connectivity index (χ0v) is 13.3. The van der Waals surface area contributed by atoms with Crippen LogP contribution in [0.25, 0.3) is 0 Å². The first-order valence-corrected chi connectivity index (χ1v) is 8.72. The molecule has 2 aliphatic heterocycles. The lowest BCUT2D eigenvalue weighted by Crippen LogP contribution is -2.28. The van der Waals surface area contributed by atoms with Crippen molar-refractivity contribution in [1.29, 1.82) is 0 Å². The standard InChI is InChI=1S/C17H20FN3S/c18-16-3-1-2-13(6-16)7-20-8-14-10-21(11-15(14)9-20)12-17-19-4-5-22-17/h1-6,14-15H,7-12H2/t14-,15-/m1/s1. The van der Waals surface area contributed by atoms with Gasteiger partial charge in [-0.2, -0.15) is 0 Å². The number of benzene rings is 1. The van der Waals surface area contributed by atoms with Crippen LogP contribution in [-0.4, -0.2) is 41.0 Å². The molecule has 0 saturated carbocycles. The second kappa shape index (κ2) is 6.07. The lowest BCUT2D eigenvalue weighted by molar-refractivity contribution is 0.246. The Labute approximate surface area is 134 Å². The Hall–Kier alpha value is -1.30. The molecule has 2 atom stereocenters. The molecule has 0 unspecified atom stereocenters. The number of hydrogen-bond acceptors (Lipinski definition) is 4. The average Bonchev–Trinajstić information content (AvgIpc) is 3.16. The van der Waals surface area contributed by atoms with E-state index in [0.717, 1.165) is 43.6 Å². The summed E-state index contributed by atoms with van der Waals surface area (Å²) in [5.41, 5.74) is 1.08. The van der Waals surface area contributed by atoms with Crippen molar-refractivity contribution in [3.05, 3.63) is 52.2 Å². The van der Waals surface area contributed by atoms with E-state index >= 15 is 0 Å². The molecule has 2 aliphatic rings. The van der Waals surface area contributed by atoms with Crippen LogP contribution in [0.5, 0.6) is 0 Å². The summed E-state index contributed by atoms with van der Waals surface area (Å²) < 4.78 is 13.3. The van der Waals surface area contributed by atoms with Crippen LogP contribution in [0.4, 0.5) is 4.39 Å². The average molecular weight is 317 g/mol. The molecule has 116 valence electrons. The summed E-state index contributed by atoms with van der Waals surface area (Å²) in [6.45, 7) is 6.48. The number of halogens is 1. The molecule has 0 amide bonds. The number of likely N-dealkylation sites (tertiary alicyclic amines) is 2. The van der Waals surface area contributed by atoms with Crippen LogP contribution in [0, 0.1) is 17.7 Å². The topological polar surface area (TPSA) is 19.4 Å². The summed E-state index contributed by atoms with van der Waals surface area (Å²) >= 11 is 1.74. The fourth-order valence-electron chi connectivity index (χ4n) is 3.86. The lowest BCUT2D eigenvalue weighted by Gasteiger charge is -2.20. The van der Waals surface area contributed by atoms with Crippen molar-refractivity contribution < 1.29 is 4.39 Å². The Kier molecular flexibility index (Phi) is 3.94. The van der Waals surface area contributed by atoms with E-state index in [-0.39, 0.29) is 5.82 Å². The molecule has 1 aromatic carbocycles. The van der Waals surface area contributed by atoms with E-state index < -0.39 is 0 Å². The Morgan fingerprint density at radius 1 is 1.09 bits per heavy atom. The van der Waals surface area contributed by atoms with Crippen molar-refractivity contribution in [2.75, 3.05) is 26.2 Å². The van der Waals surface area contributed by atoms with Crippen molar-refractivity contribution in [1.82, 2.24) is 14.8 Å². The lowest BCUT2D eigenvalue weighted by atomic mass is 10.0. The Bertz CT molecular complexity index is 617. The fourth-order valence-corrected chi connectivity index (χ4v) is 4.52. The fraction of sp³-hybridized carbons (Fsp3) is 0.471. The normalized spacial score (nSPS) is 25.7. The van der Waals surface area contributed by atoms with Gasteiger partial charge in [0.05, 0.1) is 6.54 Å². The highest BCUT2D eigenvalue weighted by molar-refractivity contribution is 7.09. The molecular weight excluding hydrogens is 297 g/mol. The number of thiazole rings is 1. The van der Waals surface area contributed by atoms with Crippen LogP contribution in [0.1, 0.15) is 10.6 Å². The summed E-state index contributed by atoms with van der Waals surface area (Å²) in [6, 6.07) is 6.99. The van der Waals surface area contributed by atoms with Gasteiger partial charge >= 0.3 is 0 Å². The van der Waals surface area contributed by atoms with E-state index in [4.69, 9.17) is 0 Å². The van der Waals surface area contributed by atoms with Crippen molar-refractivity contribution in [2.45, 2.75) is 13.1 Å². The summed E-state index contributed by atoms with van der Waals surface area (Å²) in [4.78, 5) is 9.40. The van der Waals surface area contributed by atoms with E-state index in [1.807, 2.05) is 17.6 Å². The van der Waals surface area contributed by atoms with Crippen LogP contribution < -0.4 is 0 Å². The number of aromatic nitrogens is 1. The molecule has 2 fully saturated rings. The zero-order valence-electron chi connectivity index (χ0n) is 12.5. The first-order chi connectivity index (χ1) is 10.8. The summed E-state index contributed by atoms with van der Waals surface area (Å²) in [7, 11) is 0. The number of rotatable bonds is 4. The van der Waals surface area contributed by atoms with Crippen LogP contribution in [-0.2, 0) is 13.1 Å². The van der Waals surface area contributed by atoms with Crippen LogP contribution in [0.3, 0.4) is 0 Å². The van der Waals surface area contributed by atoms with E-state index in [1.54, 1.807) is 23.5 Å². The minimum absolute atomic E-state index is 0.133. The van der Waals surface area contributed by atoms with Crippen molar-refractivity contribution in [2.24, 2.45) is 11.8 Å². The highest BCUT2D eigenvalue weighted by Crippen LogP contribution is 2.32. The van der Waals surface area contributed by atoms with E-state index in [9.17, 15) is 4.39 Å². The summed E-state index contributed by atoms with van der Waals surface area (Å²) in [6.07, 6.45) is 1.89. The van der Waals surface area contributed by atoms with Crippen molar-refractivity contribution in [3.8, 4) is 0 Å². The molecule has 4 rings (SSSR count). The van der Waals surface area contributed by atoms with Gasteiger partial charge in [-0.15, -0.1) is 11.3 Å². The first-order valence-electron chi connectivity index (χ1n) is 7.84. The van der Waals surface area contributed by atoms with Gasteiger partial charge in [-0.1, -0.05) is 12.1 Å². The second-order valence-electron chi connectivity index (χ2n) is 6.46. The molecule has 0 bridgehead atoms. The van der Waals surface area contributed by atoms with Crippen molar-refractivity contribution >= 4 is 11.3 Å².